The second-order valence-corrected chi connectivity index (χ2v) is 6.40. The molecule has 0 saturated carbocycles. The van der Waals surface area contributed by atoms with Crippen molar-refractivity contribution >= 4 is 30.6 Å². The molecule has 8 nitrogen and oxygen atoms in total. The lowest BCUT2D eigenvalue weighted by atomic mass is 10.1. The monoisotopic (exact) mass is 397 g/mol. The van der Waals surface area contributed by atoms with Crippen LogP contribution < -0.4 is 16.4 Å². The van der Waals surface area contributed by atoms with Crippen LogP contribution in [-0.2, 0) is 20.9 Å². The minimum atomic E-state index is -1.13. The summed E-state index contributed by atoms with van der Waals surface area (Å²) < 4.78 is 5.10. The second-order valence-electron chi connectivity index (χ2n) is 5.95. The van der Waals surface area contributed by atoms with Crippen molar-refractivity contribution in [3.05, 3.63) is 35.9 Å². The van der Waals surface area contributed by atoms with Gasteiger partial charge in [-0.05, 0) is 43.5 Å². The SMILES string of the molecule is NCCCC[C@H](NC(=O)[C@H](CCS)NC(=O)OCc1ccccc1)C(=O)O. The maximum atomic E-state index is 12.4. The summed E-state index contributed by atoms with van der Waals surface area (Å²) >= 11 is 4.08. The zero-order chi connectivity index (χ0) is 20.1. The van der Waals surface area contributed by atoms with Gasteiger partial charge in [-0.1, -0.05) is 30.3 Å². The molecular weight excluding hydrogens is 370 g/mol. The molecule has 2 amide bonds. The first-order valence-corrected chi connectivity index (χ1v) is 9.42. The number of carboxylic acid groups (broad SMARTS) is 1. The normalized spacial score (nSPS) is 12.7. The van der Waals surface area contributed by atoms with Crippen LogP contribution in [0.5, 0.6) is 0 Å². The van der Waals surface area contributed by atoms with Gasteiger partial charge in [0.1, 0.15) is 18.7 Å². The van der Waals surface area contributed by atoms with E-state index in [9.17, 15) is 19.5 Å². The number of nitrogens with two attached hydrogens (primary N) is 1. The number of carbonyl (C=O) groups excluding carboxylic acids is 2. The Balaban J connectivity index is 2.57. The highest BCUT2D eigenvalue weighted by molar-refractivity contribution is 7.80. The van der Waals surface area contributed by atoms with Gasteiger partial charge in [-0.15, -0.1) is 0 Å². The Hall–Kier alpha value is -2.26. The molecule has 0 aliphatic carbocycles. The lowest BCUT2D eigenvalue weighted by Gasteiger charge is -2.21. The number of carboxylic acids is 1. The lowest BCUT2D eigenvalue weighted by molar-refractivity contribution is -0.142. The van der Waals surface area contributed by atoms with E-state index in [0.717, 1.165) is 5.56 Å². The molecule has 0 radical (unpaired) electrons. The van der Waals surface area contributed by atoms with Crippen molar-refractivity contribution in [2.24, 2.45) is 5.73 Å². The van der Waals surface area contributed by atoms with Crippen LogP contribution in [0.3, 0.4) is 0 Å². The van der Waals surface area contributed by atoms with Gasteiger partial charge < -0.3 is 26.2 Å². The Bertz CT molecular complexity index is 600. The summed E-state index contributed by atoms with van der Waals surface area (Å²) in [6.45, 7) is 0.524. The molecule has 5 N–H and O–H groups in total. The Morgan fingerprint density at radius 3 is 2.37 bits per heavy atom. The summed E-state index contributed by atoms with van der Waals surface area (Å²) in [5.41, 5.74) is 6.21. The van der Waals surface area contributed by atoms with Crippen molar-refractivity contribution in [3.8, 4) is 0 Å². The fourth-order valence-corrected chi connectivity index (χ4v) is 2.59. The number of carbonyl (C=O) groups is 3. The van der Waals surface area contributed by atoms with E-state index in [-0.39, 0.29) is 19.4 Å². The first-order valence-electron chi connectivity index (χ1n) is 8.79. The molecule has 1 aromatic carbocycles. The number of hydrogen-bond acceptors (Lipinski definition) is 6. The summed E-state index contributed by atoms with van der Waals surface area (Å²) in [7, 11) is 0. The summed E-state index contributed by atoms with van der Waals surface area (Å²) in [6.07, 6.45) is 1.01. The molecule has 1 aromatic rings. The van der Waals surface area contributed by atoms with Crippen molar-refractivity contribution < 1.29 is 24.2 Å². The molecule has 0 unspecified atom stereocenters. The highest BCUT2D eigenvalue weighted by Gasteiger charge is 2.26. The average molecular weight is 397 g/mol. The summed E-state index contributed by atoms with van der Waals surface area (Å²) in [5.74, 6) is -1.38. The third-order valence-corrected chi connectivity index (χ3v) is 4.06. The van der Waals surface area contributed by atoms with Crippen LogP contribution in [0.2, 0.25) is 0 Å². The van der Waals surface area contributed by atoms with Crippen LogP contribution in [0.4, 0.5) is 4.79 Å². The first kappa shape index (κ1) is 22.8. The fraction of sp³-hybridized carbons (Fsp3) is 0.500. The molecular formula is C18H27N3O5S. The topological polar surface area (TPSA) is 131 Å². The molecule has 1 rings (SSSR count). The number of rotatable bonds is 12. The summed E-state index contributed by atoms with van der Waals surface area (Å²) in [5, 5.41) is 14.2. The van der Waals surface area contributed by atoms with Crippen molar-refractivity contribution in [2.45, 2.75) is 44.4 Å². The zero-order valence-electron chi connectivity index (χ0n) is 15.1. The number of aliphatic carboxylic acids is 1. The van der Waals surface area contributed by atoms with Crippen molar-refractivity contribution in [2.75, 3.05) is 12.3 Å². The largest absolute Gasteiger partial charge is 0.480 e. The minimum absolute atomic E-state index is 0.0682. The molecule has 0 fully saturated rings. The maximum Gasteiger partial charge on any atom is 0.408 e. The Kier molecular flexibility index (Phi) is 11.0. The molecule has 0 heterocycles. The van der Waals surface area contributed by atoms with Gasteiger partial charge >= 0.3 is 12.1 Å². The van der Waals surface area contributed by atoms with Crippen molar-refractivity contribution in [1.82, 2.24) is 10.6 Å². The van der Waals surface area contributed by atoms with Gasteiger partial charge in [-0.3, -0.25) is 4.79 Å². The Morgan fingerprint density at radius 2 is 1.78 bits per heavy atom. The minimum Gasteiger partial charge on any atom is -0.480 e. The van der Waals surface area contributed by atoms with Crippen LogP contribution in [-0.4, -0.2) is 47.5 Å². The van der Waals surface area contributed by atoms with Gasteiger partial charge in [-0.25, -0.2) is 9.59 Å². The molecule has 150 valence electrons. The number of benzene rings is 1. The molecule has 0 spiro atoms. The standard InChI is InChI=1S/C18H27N3O5S/c19-10-5-4-8-15(17(23)24)20-16(22)14(9-11-27)21-18(25)26-12-13-6-2-1-3-7-13/h1-3,6-7,14-15,27H,4-5,8-12,19H2,(H,20,22)(H,21,25)(H,23,24)/t14-,15-/m0/s1. The zero-order valence-corrected chi connectivity index (χ0v) is 16.0. The predicted octanol–water partition coefficient (Wildman–Crippen LogP) is 1.30. The number of ether oxygens (including phenoxy) is 1. The molecule has 0 aromatic heterocycles. The number of unbranched alkanes of at least 4 members (excludes halogenated alkanes) is 1. The quantitative estimate of drug-likeness (QED) is 0.267. The van der Waals surface area contributed by atoms with Crippen LogP contribution in [0, 0.1) is 0 Å². The van der Waals surface area contributed by atoms with E-state index < -0.39 is 30.1 Å². The number of thiol groups is 1. The van der Waals surface area contributed by atoms with E-state index >= 15 is 0 Å². The van der Waals surface area contributed by atoms with E-state index in [4.69, 9.17) is 10.5 Å². The first-order chi connectivity index (χ1) is 13.0. The highest BCUT2D eigenvalue weighted by Crippen LogP contribution is 2.05. The molecule has 0 aliphatic heterocycles. The van der Waals surface area contributed by atoms with Crippen LogP contribution in [0.15, 0.2) is 30.3 Å². The maximum absolute atomic E-state index is 12.4. The molecule has 0 aliphatic rings. The second kappa shape index (κ2) is 13.0. The highest BCUT2D eigenvalue weighted by atomic mass is 32.1. The Labute approximate surface area is 164 Å². The lowest BCUT2D eigenvalue weighted by Crippen LogP contribution is -2.51. The summed E-state index contributed by atoms with van der Waals surface area (Å²) in [4.78, 5) is 35.7. The molecule has 2 atom stereocenters. The van der Waals surface area contributed by atoms with Crippen molar-refractivity contribution in [1.29, 1.82) is 0 Å². The molecule has 0 bridgehead atoms. The van der Waals surface area contributed by atoms with Crippen LogP contribution >= 0.6 is 12.6 Å². The number of nitrogens with one attached hydrogen (secondary N) is 2. The van der Waals surface area contributed by atoms with Gasteiger partial charge in [0.25, 0.3) is 0 Å². The van der Waals surface area contributed by atoms with Gasteiger partial charge in [0.05, 0.1) is 0 Å². The van der Waals surface area contributed by atoms with E-state index in [0.29, 0.717) is 25.1 Å². The summed E-state index contributed by atoms with van der Waals surface area (Å²) in [6, 6.07) is 7.15. The fourth-order valence-electron chi connectivity index (χ4n) is 2.33. The Morgan fingerprint density at radius 1 is 1.07 bits per heavy atom. The van der Waals surface area contributed by atoms with Gasteiger partial charge in [0.2, 0.25) is 5.91 Å². The molecule has 9 heteroatoms. The third-order valence-electron chi connectivity index (χ3n) is 3.80. The van der Waals surface area contributed by atoms with E-state index in [1.54, 1.807) is 0 Å². The van der Waals surface area contributed by atoms with Crippen LogP contribution in [0.1, 0.15) is 31.2 Å². The average Bonchev–Trinajstić information content (AvgIpc) is 2.66. The number of alkyl carbamates (subject to hydrolysis) is 1. The number of hydrogen-bond donors (Lipinski definition) is 5. The van der Waals surface area contributed by atoms with Crippen molar-refractivity contribution in [3.63, 3.8) is 0 Å². The van der Waals surface area contributed by atoms with Gasteiger partial charge in [-0.2, -0.15) is 12.6 Å². The number of amides is 2. The smallest absolute Gasteiger partial charge is 0.408 e. The predicted molar refractivity (Wildman–Crippen MR) is 104 cm³/mol. The molecule has 0 saturated heterocycles. The van der Waals surface area contributed by atoms with E-state index in [1.165, 1.54) is 0 Å². The van der Waals surface area contributed by atoms with E-state index in [1.807, 2.05) is 30.3 Å². The molecule has 27 heavy (non-hydrogen) atoms. The third kappa shape index (κ3) is 9.30. The van der Waals surface area contributed by atoms with Crippen LogP contribution in [0.25, 0.3) is 0 Å². The van der Waals surface area contributed by atoms with Gasteiger partial charge in [0, 0.05) is 0 Å². The van der Waals surface area contributed by atoms with Gasteiger partial charge in [0.15, 0.2) is 0 Å². The van der Waals surface area contributed by atoms with E-state index in [2.05, 4.69) is 23.3 Å².